The summed E-state index contributed by atoms with van der Waals surface area (Å²) < 4.78 is 12.3. The van der Waals surface area contributed by atoms with E-state index < -0.39 is 6.10 Å². The number of methoxy groups -OCH3 is 1. The van der Waals surface area contributed by atoms with E-state index in [1.807, 2.05) is 25.5 Å². The number of nitrogens with zero attached hydrogens (tertiary/aromatic N) is 3. The molecule has 0 fully saturated rings. The van der Waals surface area contributed by atoms with Crippen LogP contribution in [0.25, 0.3) is 0 Å². The zero-order valence-electron chi connectivity index (χ0n) is 11.3. The van der Waals surface area contributed by atoms with Crippen molar-refractivity contribution in [1.82, 2.24) is 14.8 Å². The summed E-state index contributed by atoms with van der Waals surface area (Å²) in [6.45, 7) is 4.63. The molecule has 0 saturated heterocycles. The molecule has 7 heteroatoms. The molecule has 2 atom stereocenters. The van der Waals surface area contributed by atoms with Gasteiger partial charge in [-0.25, -0.2) is 0 Å². The maximum absolute atomic E-state index is 9.78. The van der Waals surface area contributed by atoms with Gasteiger partial charge in [-0.2, -0.15) is 0 Å². The van der Waals surface area contributed by atoms with Crippen LogP contribution in [-0.2, 0) is 16.5 Å². The Bertz CT molecular complexity index is 359. The zero-order valence-corrected chi connectivity index (χ0v) is 12.1. The second kappa shape index (κ2) is 7.73. The van der Waals surface area contributed by atoms with Crippen LogP contribution in [0.15, 0.2) is 5.16 Å². The lowest BCUT2D eigenvalue weighted by atomic mass is 10.4. The molecule has 0 aliphatic rings. The molecule has 0 spiro atoms. The molecule has 6 nitrogen and oxygen atoms in total. The van der Waals surface area contributed by atoms with Gasteiger partial charge in [-0.05, 0) is 13.8 Å². The lowest BCUT2D eigenvalue weighted by molar-refractivity contribution is -0.0257. The van der Waals surface area contributed by atoms with Crippen molar-refractivity contribution in [2.45, 2.75) is 31.2 Å². The zero-order chi connectivity index (χ0) is 13.5. The molecule has 1 aromatic rings. The average molecular weight is 275 g/mol. The third-order valence-electron chi connectivity index (χ3n) is 2.43. The molecule has 1 N–H and O–H groups in total. The van der Waals surface area contributed by atoms with Crippen LogP contribution in [0.5, 0.6) is 0 Å². The maximum atomic E-state index is 9.78. The molecular weight excluding hydrogens is 254 g/mol. The number of hydrogen-bond donors (Lipinski definition) is 1. The predicted octanol–water partition coefficient (Wildman–Crippen LogP) is 0.628. The molecule has 0 saturated carbocycles. The molecule has 0 amide bonds. The number of aromatic nitrogens is 3. The molecule has 0 radical (unpaired) electrons. The van der Waals surface area contributed by atoms with Crippen LogP contribution in [0, 0.1) is 6.92 Å². The van der Waals surface area contributed by atoms with Gasteiger partial charge in [-0.1, -0.05) is 11.8 Å². The van der Waals surface area contributed by atoms with Crippen LogP contribution < -0.4 is 0 Å². The Labute approximate surface area is 112 Å². The molecule has 0 aromatic carbocycles. The second-order valence-electron chi connectivity index (χ2n) is 4.15. The quantitative estimate of drug-likeness (QED) is 0.702. The van der Waals surface area contributed by atoms with Crippen molar-refractivity contribution >= 4 is 11.8 Å². The molecule has 0 bridgehead atoms. The third kappa shape index (κ3) is 4.93. The Balaban J connectivity index is 2.25. The minimum Gasteiger partial charge on any atom is -0.390 e. The SMILES string of the molecule is COCC(C)OCC(O)CSc1nnc(C)n1C. The van der Waals surface area contributed by atoms with E-state index in [9.17, 15) is 5.11 Å². The number of rotatable bonds is 8. The van der Waals surface area contributed by atoms with Gasteiger partial charge in [0.05, 0.1) is 25.4 Å². The Kier molecular flexibility index (Phi) is 6.62. The summed E-state index contributed by atoms with van der Waals surface area (Å²) in [6, 6.07) is 0. The first-order valence-corrected chi connectivity index (χ1v) is 6.80. The molecule has 2 unspecified atom stereocenters. The number of aliphatic hydroxyl groups excluding tert-OH is 1. The minimum absolute atomic E-state index is 0.00766. The standard InChI is InChI=1S/C11H21N3O3S/c1-8(5-16-4)17-6-10(15)7-18-11-13-12-9(2)14(11)3/h8,10,15H,5-7H2,1-4H3. The van der Waals surface area contributed by atoms with Crippen molar-refractivity contribution in [3.8, 4) is 0 Å². The van der Waals surface area contributed by atoms with Gasteiger partial charge in [-0.3, -0.25) is 0 Å². The smallest absolute Gasteiger partial charge is 0.191 e. The van der Waals surface area contributed by atoms with Gasteiger partial charge in [-0.15, -0.1) is 10.2 Å². The molecule has 18 heavy (non-hydrogen) atoms. The Morgan fingerprint density at radius 2 is 2.11 bits per heavy atom. The number of thioether (sulfide) groups is 1. The number of aryl methyl sites for hydroxylation is 1. The Morgan fingerprint density at radius 3 is 2.67 bits per heavy atom. The largest absolute Gasteiger partial charge is 0.390 e. The lowest BCUT2D eigenvalue weighted by Crippen LogP contribution is -2.24. The van der Waals surface area contributed by atoms with Gasteiger partial charge in [0.15, 0.2) is 5.16 Å². The highest BCUT2D eigenvalue weighted by Gasteiger charge is 2.11. The minimum atomic E-state index is -0.522. The average Bonchev–Trinajstić information content (AvgIpc) is 2.65. The number of hydrogen-bond acceptors (Lipinski definition) is 6. The van der Waals surface area contributed by atoms with E-state index in [1.165, 1.54) is 11.8 Å². The van der Waals surface area contributed by atoms with Crippen LogP contribution in [0.1, 0.15) is 12.7 Å². The summed E-state index contributed by atoms with van der Waals surface area (Å²) in [5.41, 5.74) is 0. The fourth-order valence-corrected chi connectivity index (χ4v) is 2.15. The first kappa shape index (κ1) is 15.4. The highest BCUT2D eigenvalue weighted by atomic mass is 32.2. The van der Waals surface area contributed by atoms with E-state index in [2.05, 4.69) is 10.2 Å². The monoisotopic (exact) mass is 275 g/mol. The van der Waals surface area contributed by atoms with E-state index >= 15 is 0 Å². The normalized spacial score (nSPS) is 14.7. The van der Waals surface area contributed by atoms with Crippen LogP contribution in [0.3, 0.4) is 0 Å². The van der Waals surface area contributed by atoms with Crippen LogP contribution in [0.4, 0.5) is 0 Å². The van der Waals surface area contributed by atoms with Crippen molar-refractivity contribution in [1.29, 1.82) is 0 Å². The molecule has 0 aliphatic heterocycles. The predicted molar refractivity (Wildman–Crippen MR) is 69.8 cm³/mol. The first-order valence-electron chi connectivity index (χ1n) is 5.82. The van der Waals surface area contributed by atoms with E-state index in [4.69, 9.17) is 9.47 Å². The number of ether oxygens (including phenoxy) is 2. The topological polar surface area (TPSA) is 69.4 Å². The van der Waals surface area contributed by atoms with Crippen LogP contribution in [-0.4, -0.2) is 58.2 Å². The van der Waals surface area contributed by atoms with E-state index in [-0.39, 0.29) is 6.10 Å². The van der Waals surface area contributed by atoms with Crippen molar-refractivity contribution in [3.63, 3.8) is 0 Å². The fraction of sp³-hybridized carbons (Fsp3) is 0.818. The van der Waals surface area contributed by atoms with Crippen molar-refractivity contribution < 1.29 is 14.6 Å². The third-order valence-corrected chi connectivity index (χ3v) is 3.60. The summed E-state index contributed by atoms with van der Waals surface area (Å²) in [6.07, 6.45) is -0.530. The molecule has 1 rings (SSSR count). The van der Waals surface area contributed by atoms with E-state index in [0.29, 0.717) is 19.0 Å². The summed E-state index contributed by atoms with van der Waals surface area (Å²) in [4.78, 5) is 0. The summed E-state index contributed by atoms with van der Waals surface area (Å²) >= 11 is 1.47. The van der Waals surface area contributed by atoms with Crippen molar-refractivity contribution in [3.05, 3.63) is 5.82 Å². The van der Waals surface area contributed by atoms with Gasteiger partial charge in [0.2, 0.25) is 0 Å². The molecular formula is C11H21N3O3S. The Morgan fingerprint density at radius 1 is 1.39 bits per heavy atom. The van der Waals surface area contributed by atoms with Crippen molar-refractivity contribution in [2.24, 2.45) is 7.05 Å². The summed E-state index contributed by atoms with van der Waals surface area (Å²) in [7, 11) is 3.53. The van der Waals surface area contributed by atoms with Crippen LogP contribution >= 0.6 is 11.8 Å². The van der Waals surface area contributed by atoms with Crippen LogP contribution in [0.2, 0.25) is 0 Å². The highest BCUT2D eigenvalue weighted by molar-refractivity contribution is 7.99. The molecule has 1 aromatic heterocycles. The van der Waals surface area contributed by atoms with Gasteiger partial charge >= 0.3 is 0 Å². The molecule has 0 aliphatic carbocycles. The maximum Gasteiger partial charge on any atom is 0.191 e. The highest BCUT2D eigenvalue weighted by Crippen LogP contribution is 2.16. The van der Waals surface area contributed by atoms with E-state index in [0.717, 1.165) is 11.0 Å². The molecule has 1 heterocycles. The first-order chi connectivity index (χ1) is 8.54. The van der Waals surface area contributed by atoms with E-state index in [1.54, 1.807) is 7.11 Å². The Hall–Kier alpha value is -0.630. The number of aliphatic hydroxyl groups is 1. The summed E-state index contributed by atoms with van der Waals surface area (Å²) in [5.74, 6) is 1.39. The van der Waals surface area contributed by atoms with Gasteiger partial charge in [0, 0.05) is 19.9 Å². The molecule has 104 valence electrons. The fourth-order valence-electron chi connectivity index (χ4n) is 1.29. The lowest BCUT2D eigenvalue weighted by Gasteiger charge is -2.15. The van der Waals surface area contributed by atoms with Crippen molar-refractivity contribution in [2.75, 3.05) is 26.1 Å². The summed E-state index contributed by atoms with van der Waals surface area (Å²) in [5, 5.41) is 18.6. The van der Waals surface area contributed by atoms with Gasteiger partial charge in [0.1, 0.15) is 5.82 Å². The van der Waals surface area contributed by atoms with Gasteiger partial charge in [0.25, 0.3) is 0 Å². The van der Waals surface area contributed by atoms with Gasteiger partial charge < -0.3 is 19.1 Å². The second-order valence-corrected chi connectivity index (χ2v) is 5.14.